The van der Waals surface area contributed by atoms with Gasteiger partial charge >= 0.3 is 0 Å². The van der Waals surface area contributed by atoms with Gasteiger partial charge in [0.05, 0.1) is 5.92 Å². The van der Waals surface area contributed by atoms with E-state index >= 15 is 0 Å². The van der Waals surface area contributed by atoms with Gasteiger partial charge < -0.3 is 5.11 Å². The summed E-state index contributed by atoms with van der Waals surface area (Å²) in [5, 5.41) is 9.77. The fraction of sp³-hybridized carbons (Fsp3) is 0.600. The average molecular weight is 288 g/mol. The van der Waals surface area contributed by atoms with Crippen molar-refractivity contribution in [3.05, 3.63) is 28.6 Å². The Balaban J connectivity index is 2.21. The number of phenolic OH excluding ortho intramolecular Hbond substituents is 1. The predicted molar refractivity (Wildman–Crippen MR) is 66.3 cm³/mol. The lowest BCUT2D eigenvalue weighted by Crippen LogP contribution is -2.14. The Morgan fingerprint density at radius 1 is 1.20 bits per heavy atom. The molecule has 0 bridgehead atoms. The van der Waals surface area contributed by atoms with E-state index in [4.69, 9.17) is 0 Å². The summed E-state index contributed by atoms with van der Waals surface area (Å²) in [7, 11) is 0. The molecule has 0 aliphatic heterocycles. The molecule has 0 heterocycles. The minimum atomic E-state index is -3.56. The van der Waals surface area contributed by atoms with Crippen molar-refractivity contribution in [2.45, 2.75) is 50.6 Å². The Morgan fingerprint density at radius 3 is 2.10 bits per heavy atom. The topological polar surface area (TPSA) is 20.2 Å². The van der Waals surface area contributed by atoms with Crippen LogP contribution >= 0.6 is 0 Å². The van der Waals surface area contributed by atoms with E-state index in [1.54, 1.807) is 0 Å². The van der Waals surface area contributed by atoms with E-state index in [0.29, 0.717) is 5.56 Å². The molecule has 0 aromatic heterocycles. The Labute approximate surface area is 114 Å². The van der Waals surface area contributed by atoms with Gasteiger partial charge in [0.2, 0.25) is 5.67 Å². The number of hydrogen-bond acceptors (Lipinski definition) is 1. The van der Waals surface area contributed by atoms with Gasteiger partial charge in [-0.25, -0.2) is 17.6 Å². The van der Waals surface area contributed by atoms with Crippen LogP contribution in [0.2, 0.25) is 0 Å². The highest BCUT2D eigenvalue weighted by molar-refractivity contribution is 5.53. The van der Waals surface area contributed by atoms with Crippen molar-refractivity contribution in [1.29, 1.82) is 0 Å². The molecular formula is C15H16F4O. The molecule has 2 saturated carbocycles. The lowest BCUT2D eigenvalue weighted by molar-refractivity contribution is 0.0379. The monoisotopic (exact) mass is 288 g/mol. The molecule has 0 amide bonds. The molecule has 5 heteroatoms. The molecule has 2 aliphatic carbocycles. The molecule has 2 fully saturated rings. The third-order valence-corrected chi connectivity index (χ3v) is 5.07. The molecule has 2 aliphatic rings. The Bertz CT molecular complexity index is 606. The van der Waals surface area contributed by atoms with E-state index in [2.05, 4.69) is 0 Å². The number of benzene rings is 1. The van der Waals surface area contributed by atoms with Gasteiger partial charge in [0.1, 0.15) is 0 Å². The zero-order valence-electron chi connectivity index (χ0n) is 11.5. The van der Waals surface area contributed by atoms with Gasteiger partial charge in [0.15, 0.2) is 11.6 Å². The van der Waals surface area contributed by atoms with Crippen molar-refractivity contribution in [1.82, 2.24) is 0 Å². The first-order valence-corrected chi connectivity index (χ1v) is 6.67. The van der Waals surface area contributed by atoms with Crippen LogP contribution in [0.1, 0.15) is 43.4 Å². The van der Waals surface area contributed by atoms with Gasteiger partial charge in [0.25, 0.3) is 5.92 Å². The molecular weight excluding hydrogens is 272 g/mol. The second kappa shape index (κ2) is 3.49. The number of alkyl halides is 3. The zero-order chi connectivity index (χ0) is 15.1. The fourth-order valence-corrected chi connectivity index (χ4v) is 3.04. The predicted octanol–water partition coefficient (Wildman–Crippen LogP) is 4.34. The minimum absolute atomic E-state index is 0.214. The highest BCUT2D eigenvalue weighted by Gasteiger charge is 2.82. The molecule has 110 valence electrons. The fourth-order valence-electron chi connectivity index (χ4n) is 3.04. The number of rotatable bonds is 2. The third-order valence-electron chi connectivity index (χ3n) is 5.07. The van der Waals surface area contributed by atoms with Crippen LogP contribution in [0.5, 0.6) is 5.75 Å². The van der Waals surface area contributed by atoms with Crippen LogP contribution in [0.3, 0.4) is 0 Å². The molecule has 3 rings (SSSR count). The SMILES string of the molecule is Cc1c(C2(C)CC2)cc(C2(F)C(C)C2(F)F)c(O)c1F. The van der Waals surface area contributed by atoms with Crippen molar-refractivity contribution < 1.29 is 22.7 Å². The number of phenols is 1. The van der Waals surface area contributed by atoms with Crippen LogP contribution in [0.4, 0.5) is 17.6 Å². The molecule has 20 heavy (non-hydrogen) atoms. The van der Waals surface area contributed by atoms with Crippen molar-refractivity contribution >= 4 is 0 Å². The molecule has 2 unspecified atom stereocenters. The van der Waals surface area contributed by atoms with Crippen molar-refractivity contribution in [3.8, 4) is 5.75 Å². The summed E-state index contributed by atoms with van der Waals surface area (Å²) in [5.74, 6) is -7.09. The second-order valence-electron chi connectivity index (χ2n) is 6.38. The molecule has 1 aromatic carbocycles. The van der Waals surface area contributed by atoms with Crippen molar-refractivity contribution in [2.75, 3.05) is 0 Å². The highest BCUT2D eigenvalue weighted by atomic mass is 19.3. The van der Waals surface area contributed by atoms with Gasteiger partial charge in [-0.1, -0.05) is 13.8 Å². The van der Waals surface area contributed by atoms with E-state index < -0.39 is 34.6 Å². The third kappa shape index (κ3) is 1.38. The van der Waals surface area contributed by atoms with Crippen molar-refractivity contribution in [3.63, 3.8) is 0 Å². The molecule has 0 saturated heterocycles. The number of halogens is 4. The average Bonchev–Trinajstić information content (AvgIpc) is 3.21. The van der Waals surface area contributed by atoms with E-state index in [9.17, 15) is 22.7 Å². The largest absolute Gasteiger partial charge is 0.505 e. The number of aromatic hydroxyl groups is 1. The summed E-state index contributed by atoms with van der Waals surface area (Å²) in [6, 6.07) is 1.23. The summed E-state index contributed by atoms with van der Waals surface area (Å²) in [6.45, 7) is 4.43. The van der Waals surface area contributed by atoms with Gasteiger partial charge in [-0.2, -0.15) is 0 Å². The first-order chi connectivity index (χ1) is 9.07. The van der Waals surface area contributed by atoms with E-state index in [1.165, 1.54) is 13.0 Å². The van der Waals surface area contributed by atoms with Crippen LogP contribution in [0.15, 0.2) is 6.07 Å². The lowest BCUT2D eigenvalue weighted by atomic mass is 9.89. The zero-order valence-corrected chi connectivity index (χ0v) is 11.5. The van der Waals surface area contributed by atoms with Gasteiger partial charge in [0, 0.05) is 5.56 Å². The first kappa shape index (κ1) is 13.7. The molecule has 0 spiro atoms. The second-order valence-corrected chi connectivity index (χ2v) is 6.38. The van der Waals surface area contributed by atoms with E-state index in [1.807, 2.05) is 6.92 Å². The maximum absolute atomic E-state index is 14.5. The molecule has 1 N–H and O–H groups in total. The molecule has 1 aromatic rings. The summed E-state index contributed by atoms with van der Waals surface area (Å²) in [5.41, 5.74) is -3.13. The minimum Gasteiger partial charge on any atom is -0.505 e. The van der Waals surface area contributed by atoms with Gasteiger partial charge in [-0.15, -0.1) is 0 Å². The van der Waals surface area contributed by atoms with Crippen LogP contribution in [0, 0.1) is 18.7 Å². The summed E-state index contributed by atoms with van der Waals surface area (Å²) >= 11 is 0. The van der Waals surface area contributed by atoms with Crippen LogP contribution in [-0.4, -0.2) is 11.0 Å². The molecule has 1 nitrogen and oxygen atoms in total. The highest BCUT2D eigenvalue weighted by Crippen LogP contribution is 2.69. The Morgan fingerprint density at radius 2 is 1.70 bits per heavy atom. The quantitative estimate of drug-likeness (QED) is 0.803. The number of hydrogen-bond donors (Lipinski definition) is 1. The maximum Gasteiger partial charge on any atom is 0.292 e. The smallest absolute Gasteiger partial charge is 0.292 e. The molecule has 2 atom stereocenters. The Hall–Kier alpha value is -1.26. The lowest BCUT2D eigenvalue weighted by Gasteiger charge is -2.19. The Kier molecular flexibility index (Phi) is 2.39. The summed E-state index contributed by atoms with van der Waals surface area (Å²) in [4.78, 5) is 0. The van der Waals surface area contributed by atoms with E-state index in [-0.39, 0.29) is 11.0 Å². The van der Waals surface area contributed by atoms with Crippen molar-refractivity contribution in [2.24, 2.45) is 5.92 Å². The standard InChI is InChI=1S/C15H16F4O/c1-7-9(13(3)4-5-13)6-10(12(20)11(7)16)14(17)8(2)15(14,18)19/h6,8,20H,4-5H2,1-3H3. The first-order valence-electron chi connectivity index (χ1n) is 6.67. The normalized spacial score (nSPS) is 33.0. The maximum atomic E-state index is 14.5. The summed E-state index contributed by atoms with van der Waals surface area (Å²) < 4.78 is 55.6. The van der Waals surface area contributed by atoms with Crippen LogP contribution in [0.25, 0.3) is 0 Å². The molecule has 0 radical (unpaired) electrons. The van der Waals surface area contributed by atoms with Crippen LogP contribution in [-0.2, 0) is 11.1 Å². The van der Waals surface area contributed by atoms with Crippen LogP contribution < -0.4 is 0 Å². The van der Waals surface area contributed by atoms with Gasteiger partial charge in [-0.05, 0) is 42.4 Å². The summed E-state index contributed by atoms with van der Waals surface area (Å²) in [6.07, 6.45) is 1.62. The van der Waals surface area contributed by atoms with E-state index in [0.717, 1.165) is 19.8 Å². The van der Waals surface area contributed by atoms with Gasteiger partial charge in [-0.3, -0.25) is 0 Å².